The summed E-state index contributed by atoms with van der Waals surface area (Å²) in [6.45, 7) is -0.147. The number of carbonyl (C=O) groups excluding carboxylic acids is 2. The fourth-order valence-corrected chi connectivity index (χ4v) is 5.59. The Morgan fingerprint density at radius 2 is 1.77 bits per heavy atom. The quantitative estimate of drug-likeness (QED) is 0.670. The van der Waals surface area contributed by atoms with Gasteiger partial charge in [-0.2, -0.15) is 0 Å². The molecule has 0 atom stereocenters. The first-order chi connectivity index (χ1) is 10.6. The van der Waals surface area contributed by atoms with E-state index in [0.717, 1.165) is 17.8 Å². The number of rotatable bonds is 5. The van der Waals surface area contributed by atoms with Gasteiger partial charge in [-0.1, -0.05) is 0 Å². The summed E-state index contributed by atoms with van der Waals surface area (Å²) in [4.78, 5) is 26.9. The molecule has 4 heteroatoms. The van der Waals surface area contributed by atoms with Gasteiger partial charge in [0.2, 0.25) is 5.78 Å². The summed E-state index contributed by atoms with van der Waals surface area (Å²) >= 11 is 0. The summed E-state index contributed by atoms with van der Waals surface area (Å²) in [5.41, 5.74) is 0.684. The van der Waals surface area contributed by atoms with Crippen LogP contribution in [0.15, 0.2) is 18.3 Å². The molecular formula is C18H23NO3. The number of esters is 1. The molecule has 5 rings (SSSR count). The molecule has 0 radical (unpaired) electrons. The van der Waals surface area contributed by atoms with Crippen LogP contribution in [0.5, 0.6) is 0 Å². The second kappa shape index (κ2) is 5.25. The molecule has 1 heterocycles. The lowest BCUT2D eigenvalue weighted by atomic mass is 9.49. The summed E-state index contributed by atoms with van der Waals surface area (Å²) < 4.78 is 5.26. The van der Waals surface area contributed by atoms with Crippen LogP contribution in [0.4, 0.5) is 0 Å². The number of hydrogen-bond donors (Lipinski definition) is 1. The fourth-order valence-electron chi connectivity index (χ4n) is 5.59. The van der Waals surface area contributed by atoms with Crippen LogP contribution in [-0.4, -0.2) is 23.3 Å². The van der Waals surface area contributed by atoms with E-state index < -0.39 is 0 Å². The molecule has 4 nitrogen and oxygen atoms in total. The Morgan fingerprint density at radius 3 is 2.32 bits per heavy atom. The molecule has 4 aliphatic rings. The minimum atomic E-state index is -0.193. The first-order valence-corrected chi connectivity index (χ1v) is 8.44. The Bertz CT molecular complexity index is 540. The monoisotopic (exact) mass is 301 g/mol. The Kier molecular flexibility index (Phi) is 3.35. The second-order valence-electron chi connectivity index (χ2n) is 7.76. The van der Waals surface area contributed by atoms with Gasteiger partial charge in [0, 0.05) is 6.20 Å². The van der Waals surface area contributed by atoms with Crippen molar-refractivity contribution in [2.24, 2.45) is 23.2 Å². The van der Waals surface area contributed by atoms with E-state index in [2.05, 4.69) is 4.98 Å². The molecule has 1 aromatic rings. The van der Waals surface area contributed by atoms with Crippen LogP contribution < -0.4 is 0 Å². The zero-order chi connectivity index (χ0) is 15.2. The average Bonchev–Trinajstić information content (AvgIpc) is 2.97. The highest BCUT2D eigenvalue weighted by Gasteiger charge is 2.51. The van der Waals surface area contributed by atoms with Crippen LogP contribution >= 0.6 is 0 Å². The van der Waals surface area contributed by atoms with E-state index >= 15 is 0 Å². The predicted octanol–water partition coefficient (Wildman–Crippen LogP) is 3.35. The van der Waals surface area contributed by atoms with E-state index in [1.54, 1.807) is 18.3 Å². The summed E-state index contributed by atoms with van der Waals surface area (Å²) in [5.74, 6) is 2.14. The predicted molar refractivity (Wildman–Crippen MR) is 81.3 cm³/mol. The lowest BCUT2D eigenvalue weighted by molar-refractivity contribution is -0.150. The number of hydrogen-bond acceptors (Lipinski definition) is 3. The lowest BCUT2D eigenvalue weighted by Crippen LogP contribution is -2.47. The topological polar surface area (TPSA) is 59.2 Å². The SMILES string of the molecule is O=C(CC12CC3CC(CC(C3)C1)C2)OCC(=O)c1ccc[nH]1. The van der Waals surface area contributed by atoms with Crippen molar-refractivity contribution in [3.05, 3.63) is 24.0 Å². The van der Waals surface area contributed by atoms with Crippen molar-refractivity contribution in [1.82, 2.24) is 4.98 Å². The van der Waals surface area contributed by atoms with Gasteiger partial charge < -0.3 is 9.72 Å². The molecule has 0 amide bonds. The first-order valence-electron chi connectivity index (χ1n) is 8.44. The molecular weight excluding hydrogens is 278 g/mol. The van der Waals surface area contributed by atoms with Crippen LogP contribution in [0, 0.1) is 23.2 Å². The third-order valence-electron chi connectivity index (χ3n) is 5.95. The minimum absolute atomic E-state index is 0.147. The first kappa shape index (κ1) is 14.0. The number of ketones is 1. The van der Waals surface area contributed by atoms with Crippen LogP contribution in [0.2, 0.25) is 0 Å². The maximum Gasteiger partial charge on any atom is 0.306 e. The molecule has 4 fully saturated rings. The van der Waals surface area contributed by atoms with E-state index in [1.807, 2.05) is 0 Å². The third kappa shape index (κ3) is 2.59. The van der Waals surface area contributed by atoms with E-state index in [0.29, 0.717) is 12.1 Å². The van der Waals surface area contributed by atoms with E-state index in [4.69, 9.17) is 4.74 Å². The molecule has 22 heavy (non-hydrogen) atoms. The summed E-state index contributed by atoms with van der Waals surface area (Å²) in [7, 11) is 0. The number of Topliss-reactive ketones (excluding diaryl/α,β-unsaturated/α-hetero) is 1. The highest BCUT2D eigenvalue weighted by atomic mass is 16.5. The Balaban J connectivity index is 1.33. The van der Waals surface area contributed by atoms with E-state index in [-0.39, 0.29) is 23.8 Å². The number of nitrogens with one attached hydrogen (secondary N) is 1. The molecule has 0 saturated heterocycles. The van der Waals surface area contributed by atoms with Gasteiger partial charge in [-0.25, -0.2) is 0 Å². The standard InChI is InChI=1S/C18H23NO3/c20-16(15-2-1-3-19-15)11-22-17(21)10-18-7-12-4-13(8-18)6-14(5-12)9-18/h1-3,12-14,19H,4-11H2. The molecule has 0 spiro atoms. The molecule has 4 saturated carbocycles. The number of H-pyrrole nitrogens is 1. The van der Waals surface area contributed by atoms with Crippen LogP contribution in [0.25, 0.3) is 0 Å². The van der Waals surface area contributed by atoms with E-state index in [9.17, 15) is 9.59 Å². The fraction of sp³-hybridized carbons (Fsp3) is 0.667. The molecule has 0 aromatic carbocycles. The van der Waals surface area contributed by atoms with E-state index in [1.165, 1.54) is 38.5 Å². The lowest BCUT2D eigenvalue weighted by Gasteiger charge is -2.56. The van der Waals surface area contributed by atoms with Crippen LogP contribution in [0.1, 0.15) is 55.4 Å². The summed E-state index contributed by atoms with van der Waals surface area (Å²) in [6.07, 6.45) is 9.91. The Hall–Kier alpha value is -1.58. The van der Waals surface area contributed by atoms with Crippen LogP contribution in [-0.2, 0) is 9.53 Å². The molecule has 0 unspecified atom stereocenters. The normalized spacial score (nSPS) is 35.5. The average molecular weight is 301 g/mol. The van der Waals surface area contributed by atoms with Gasteiger partial charge in [0.1, 0.15) is 0 Å². The van der Waals surface area contributed by atoms with Crippen molar-refractivity contribution in [3.8, 4) is 0 Å². The van der Waals surface area contributed by atoms with Gasteiger partial charge in [0.25, 0.3) is 0 Å². The molecule has 4 bridgehead atoms. The van der Waals surface area contributed by atoms with Crippen molar-refractivity contribution in [1.29, 1.82) is 0 Å². The van der Waals surface area contributed by atoms with Crippen molar-refractivity contribution in [2.75, 3.05) is 6.61 Å². The van der Waals surface area contributed by atoms with Gasteiger partial charge in [-0.3, -0.25) is 9.59 Å². The third-order valence-corrected chi connectivity index (χ3v) is 5.95. The van der Waals surface area contributed by atoms with Gasteiger partial charge in [-0.15, -0.1) is 0 Å². The molecule has 0 aliphatic heterocycles. The maximum absolute atomic E-state index is 12.2. The van der Waals surface area contributed by atoms with Crippen molar-refractivity contribution in [3.63, 3.8) is 0 Å². The summed E-state index contributed by atoms with van der Waals surface area (Å²) in [6, 6.07) is 3.47. The van der Waals surface area contributed by atoms with Gasteiger partial charge in [0.15, 0.2) is 6.61 Å². The smallest absolute Gasteiger partial charge is 0.306 e. The minimum Gasteiger partial charge on any atom is -0.457 e. The van der Waals surface area contributed by atoms with Gasteiger partial charge in [0.05, 0.1) is 12.1 Å². The van der Waals surface area contributed by atoms with Crippen molar-refractivity contribution >= 4 is 11.8 Å². The number of carbonyl (C=O) groups is 2. The largest absolute Gasteiger partial charge is 0.457 e. The second-order valence-corrected chi connectivity index (χ2v) is 7.76. The summed E-state index contributed by atoms with van der Waals surface area (Å²) in [5, 5.41) is 0. The number of aromatic nitrogens is 1. The van der Waals surface area contributed by atoms with Crippen molar-refractivity contribution < 1.29 is 14.3 Å². The van der Waals surface area contributed by atoms with Crippen molar-refractivity contribution in [2.45, 2.75) is 44.9 Å². The highest BCUT2D eigenvalue weighted by Crippen LogP contribution is 2.61. The number of ether oxygens (including phenoxy) is 1. The zero-order valence-corrected chi connectivity index (χ0v) is 12.8. The zero-order valence-electron chi connectivity index (χ0n) is 12.8. The van der Waals surface area contributed by atoms with Gasteiger partial charge >= 0.3 is 5.97 Å². The molecule has 4 aliphatic carbocycles. The van der Waals surface area contributed by atoms with Gasteiger partial charge in [-0.05, 0) is 73.8 Å². The number of aromatic amines is 1. The molecule has 1 N–H and O–H groups in total. The van der Waals surface area contributed by atoms with Crippen LogP contribution in [0.3, 0.4) is 0 Å². The molecule has 118 valence electrons. The highest BCUT2D eigenvalue weighted by molar-refractivity contribution is 5.96. The Morgan fingerprint density at radius 1 is 1.14 bits per heavy atom. The molecule has 1 aromatic heterocycles. The maximum atomic E-state index is 12.2. The Labute approximate surface area is 130 Å².